The molecule has 0 saturated heterocycles. The third-order valence-electron chi connectivity index (χ3n) is 3.56. The molecule has 4 rings (SSSR count). The highest BCUT2D eigenvalue weighted by Gasteiger charge is 2.18. The molecule has 0 aromatic carbocycles. The summed E-state index contributed by atoms with van der Waals surface area (Å²) in [6, 6.07) is 0. The minimum Gasteiger partial charge on any atom is -0.375 e. The Bertz CT molecular complexity index is 1090. The van der Waals surface area contributed by atoms with E-state index in [1.807, 2.05) is 17.9 Å². The van der Waals surface area contributed by atoms with Crippen molar-refractivity contribution in [3.8, 4) is 0 Å². The Hall–Kier alpha value is -1.91. The summed E-state index contributed by atoms with van der Waals surface area (Å²) >= 11 is 4.55. The second kappa shape index (κ2) is 5.32. The highest BCUT2D eigenvalue weighted by molar-refractivity contribution is 8.00. The first-order valence-electron chi connectivity index (χ1n) is 6.67. The predicted molar refractivity (Wildman–Crippen MR) is 95.6 cm³/mol. The van der Waals surface area contributed by atoms with Crippen molar-refractivity contribution in [1.29, 1.82) is 0 Å². The van der Waals surface area contributed by atoms with Gasteiger partial charge in [0.1, 0.15) is 5.52 Å². The number of nitrogens with zero attached hydrogens (tertiary/aromatic N) is 5. The summed E-state index contributed by atoms with van der Waals surface area (Å²) in [5.74, 6) is 0. The lowest BCUT2D eigenvalue weighted by molar-refractivity contribution is 0.650. The summed E-state index contributed by atoms with van der Waals surface area (Å²) in [6.07, 6.45) is 5.41. The molecule has 0 saturated carbocycles. The predicted octanol–water partition coefficient (Wildman–Crippen LogP) is 2.15. The van der Waals surface area contributed by atoms with Gasteiger partial charge in [-0.3, -0.25) is 4.79 Å². The Kier molecular flexibility index (Phi) is 3.39. The Labute approximate surface area is 142 Å². The first kappa shape index (κ1) is 14.7. The van der Waals surface area contributed by atoms with Crippen molar-refractivity contribution in [1.82, 2.24) is 24.3 Å². The molecular weight excluding hydrogens is 352 g/mol. The standard InChI is InChI=1S/C13H12N6OS3/c1-18-8-7(9-10(18)17-13(21-2)23-9)4-16-19(11(8)20)5-6-3-15-12(14)22-6/h3-4H,5H2,1-2H3,(H2,14,15). The molecule has 0 bridgehead atoms. The third-order valence-corrected chi connectivity index (χ3v) is 6.43. The Morgan fingerprint density at radius 1 is 1.35 bits per heavy atom. The summed E-state index contributed by atoms with van der Waals surface area (Å²) in [4.78, 5) is 22.3. The summed E-state index contributed by atoms with van der Waals surface area (Å²) in [6.45, 7) is 0.367. The number of thiazole rings is 2. The van der Waals surface area contributed by atoms with E-state index in [-0.39, 0.29) is 5.56 Å². The van der Waals surface area contributed by atoms with Crippen molar-refractivity contribution in [3.63, 3.8) is 0 Å². The van der Waals surface area contributed by atoms with Gasteiger partial charge in [-0.1, -0.05) is 11.8 Å². The van der Waals surface area contributed by atoms with E-state index in [0.29, 0.717) is 17.2 Å². The van der Waals surface area contributed by atoms with Gasteiger partial charge in [0, 0.05) is 23.5 Å². The third kappa shape index (κ3) is 2.25. The maximum Gasteiger partial charge on any atom is 0.291 e. The van der Waals surface area contributed by atoms with Gasteiger partial charge in [-0.05, 0) is 6.26 Å². The number of nitrogen functional groups attached to an aromatic ring is 1. The largest absolute Gasteiger partial charge is 0.375 e. The molecule has 7 nitrogen and oxygen atoms in total. The summed E-state index contributed by atoms with van der Waals surface area (Å²) < 4.78 is 5.28. The van der Waals surface area contributed by atoms with Gasteiger partial charge in [-0.25, -0.2) is 14.6 Å². The number of aryl methyl sites for hydroxylation is 1. The normalized spacial score (nSPS) is 11.7. The molecule has 0 aliphatic carbocycles. The Morgan fingerprint density at radius 3 is 2.87 bits per heavy atom. The van der Waals surface area contributed by atoms with Gasteiger partial charge in [0.05, 0.1) is 17.4 Å². The molecule has 0 aliphatic heterocycles. The molecule has 4 aromatic heterocycles. The quantitative estimate of drug-likeness (QED) is 0.560. The molecule has 118 valence electrons. The lowest BCUT2D eigenvalue weighted by Gasteiger charge is -2.03. The average molecular weight is 364 g/mol. The highest BCUT2D eigenvalue weighted by atomic mass is 32.2. The van der Waals surface area contributed by atoms with E-state index in [1.54, 1.807) is 35.5 Å². The van der Waals surface area contributed by atoms with Crippen LogP contribution in [0.1, 0.15) is 4.88 Å². The molecule has 0 unspecified atom stereocenters. The number of hydrogen-bond acceptors (Lipinski definition) is 8. The second-order valence-corrected chi connectivity index (χ2v) is 8.13. The number of aromatic nitrogens is 5. The molecule has 4 heterocycles. The van der Waals surface area contributed by atoms with Gasteiger partial charge in [-0.15, -0.1) is 22.7 Å². The van der Waals surface area contributed by atoms with E-state index in [2.05, 4.69) is 15.1 Å². The van der Waals surface area contributed by atoms with Crippen LogP contribution < -0.4 is 11.3 Å². The molecule has 23 heavy (non-hydrogen) atoms. The van der Waals surface area contributed by atoms with Crippen LogP contribution in [0.15, 0.2) is 21.5 Å². The molecule has 2 N–H and O–H groups in total. The van der Waals surface area contributed by atoms with Crippen LogP contribution in [0.25, 0.3) is 21.3 Å². The monoisotopic (exact) mass is 364 g/mol. The molecule has 0 spiro atoms. The topological polar surface area (TPSA) is 91.6 Å². The van der Waals surface area contributed by atoms with Gasteiger partial charge in [0.25, 0.3) is 5.56 Å². The van der Waals surface area contributed by atoms with Crippen molar-refractivity contribution >= 4 is 60.8 Å². The Morgan fingerprint density at radius 2 is 2.17 bits per heavy atom. The fourth-order valence-corrected chi connectivity index (χ4v) is 4.78. The lowest BCUT2D eigenvalue weighted by Crippen LogP contribution is -2.24. The van der Waals surface area contributed by atoms with Crippen LogP contribution in [-0.4, -0.2) is 30.6 Å². The number of rotatable bonds is 3. The van der Waals surface area contributed by atoms with Crippen molar-refractivity contribution in [2.45, 2.75) is 10.9 Å². The molecular formula is C13H12N6OS3. The van der Waals surface area contributed by atoms with E-state index in [1.165, 1.54) is 16.0 Å². The van der Waals surface area contributed by atoms with Crippen molar-refractivity contribution in [2.24, 2.45) is 7.05 Å². The maximum atomic E-state index is 12.8. The zero-order valence-electron chi connectivity index (χ0n) is 12.3. The Balaban J connectivity index is 1.91. The summed E-state index contributed by atoms with van der Waals surface area (Å²) in [7, 11) is 1.87. The van der Waals surface area contributed by atoms with Crippen LogP contribution in [0, 0.1) is 0 Å². The summed E-state index contributed by atoms with van der Waals surface area (Å²) in [5.41, 5.74) is 6.96. The number of hydrogen-bond donors (Lipinski definition) is 1. The first-order valence-corrected chi connectivity index (χ1v) is 9.53. The van der Waals surface area contributed by atoms with Gasteiger partial charge in [0.15, 0.2) is 15.1 Å². The van der Waals surface area contributed by atoms with E-state index < -0.39 is 0 Å². The molecule has 4 aromatic rings. The van der Waals surface area contributed by atoms with E-state index in [4.69, 9.17) is 5.73 Å². The van der Waals surface area contributed by atoms with Crippen molar-refractivity contribution in [3.05, 3.63) is 27.6 Å². The molecule has 0 atom stereocenters. The maximum absolute atomic E-state index is 12.8. The fourth-order valence-electron chi connectivity index (χ4n) is 2.51. The number of fused-ring (bicyclic) bond motifs is 3. The van der Waals surface area contributed by atoms with Crippen LogP contribution in [0.2, 0.25) is 0 Å². The van der Waals surface area contributed by atoms with Crippen molar-refractivity contribution in [2.75, 3.05) is 12.0 Å². The molecule has 0 amide bonds. The number of anilines is 1. The number of nitrogens with two attached hydrogens (primary N) is 1. The van der Waals surface area contributed by atoms with E-state index in [0.717, 1.165) is 25.0 Å². The van der Waals surface area contributed by atoms with Crippen molar-refractivity contribution < 1.29 is 0 Å². The van der Waals surface area contributed by atoms with Crippen LogP contribution in [-0.2, 0) is 13.6 Å². The van der Waals surface area contributed by atoms with Crippen LogP contribution in [0.4, 0.5) is 5.13 Å². The zero-order chi connectivity index (χ0) is 16.1. The minimum atomic E-state index is -0.132. The average Bonchev–Trinajstić information content (AvgIpc) is 3.19. The molecule has 0 aliphatic rings. The minimum absolute atomic E-state index is 0.132. The smallest absolute Gasteiger partial charge is 0.291 e. The first-order chi connectivity index (χ1) is 11.1. The van der Waals surface area contributed by atoms with E-state index in [9.17, 15) is 4.79 Å². The van der Waals surface area contributed by atoms with Crippen LogP contribution >= 0.6 is 34.4 Å². The highest BCUT2D eigenvalue weighted by Crippen LogP contribution is 2.34. The van der Waals surface area contributed by atoms with E-state index >= 15 is 0 Å². The molecule has 0 radical (unpaired) electrons. The number of thioether (sulfide) groups is 1. The van der Waals surface area contributed by atoms with Gasteiger partial charge < -0.3 is 10.3 Å². The zero-order valence-corrected chi connectivity index (χ0v) is 14.8. The van der Waals surface area contributed by atoms with Gasteiger partial charge in [-0.2, -0.15) is 5.10 Å². The molecule has 0 fully saturated rings. The lowest BCUT2D eigenvalue weighted by atomic mass is 10.3. The van der Waals surface area contributed by atoms with Crippen LogP contribution in [0.3, 0.4) is 0 Å². The second-order valence-electron chi connectivity index (χ2n) is 4.93. The molecule has 10 heteroatoms. The fraction of sp³-hybridized carbons (Fsp3) is 0.231. The van der Waals surface area contributed by atoms with Gasteiger partial charge in [0.2, 0.25) is 0 Å². The SMILES string of the molecule is CSc1nc2c(s1)c1cnn(Cc3cnc(N)s3)c(=O)c1n2C. The summed E-state index contributed by atoms with van der Waals surface area (Å²) in [5, 5.41) is 5.65. The van der Waals surface area contributed by atoms with Gasteiger partial charge >= 0.3 is 0 Å². The van der Waals surface area contributed by atoms with Crippen LogP contribution in [0.5, 0.6) is 0 Å².